The minimum atomic E-state index is 0.322. The van der Waals surface area contributed by atoms with Crippen molar-refractivity contribution in [1.29, 1.82) is 0 Å². The van der Waals surface area contributed by atoms with Crippen molar-refractivity contribution in [2.45, 2.75) is 26.2 Å². The first kappa shape index (κ1) is 13.0. The van der Waals surface area contributed by atoms with Crippen LogP contribution >= 0.6 is 0 Å². The molecule has 0 spiro atoms. The smallest absolute Gasteiger partial charge is 0.115 e. The molecule has 1 rings (SSSR count). The number of hydrogen-bond acceptors (Lipinski definition) is 2. The maximum Gasteiger partial charge on any atom is 0.115 e. The van der Waals surface area contributed by atoms with Gasteiger partial charge in [0.05, 0.1) is 0 Å². The minimum absolute atomic E-state index is 0.322. The molecule has 0 aliphatic rings. The third kappa shape index (κ3) is 9.07. The van der Waals surface area contributed by atoms with E-state index in [0.29, 0.717) is 5.75 Å². The molecule has 80 valence electrons. The predicted molar refractivity (Wildman–Crippen MR) is 59.5 cm³/mol. The summed E-state index contributed by atoms with van der Waals surface area (Å²) in [5.41, 5.74) is 0. The van der Waals surface area contributed by atoms with Crippen LogP contribution in [0.15, 0.2) is 30.3 Å². The van der Waals surface area contributed by atoms with Crippen LogP contribution in [0.3, 0.4) is 0 Å². The zero-order valence-corrected chi connectivity index (χ0v) is 9.07. The summed E-state index contributed by atoms with van der Waals surface area (Å²) in [6, 6.07) is 8.71. The summed E-state index contributed by atoms with van der Waals surface area (Å²) < 4.78 is 4.84. The minimum Gasteiger partial charge on any atom is -0.508 e. The van der Waals surface area contributed by atoms with E-state index in [0.717, 1.165) is 6.61 Å². The molecule has 0 aromatic heterocycles. The van der Waals surface area contributed by atoms with Crippen LogP contribution in [0.25, 0.3) is 0 Å². The molecular weight excluding hydrogens is 176 g/mol. The standard InChI is InChI=1S/C6H6O.C6H14O/c7-6-4-2-1-3-5-6;1-3-4-5-6-7-2/h1-5,7H;3-6H2,1-2H3. The third-order valence-electron chi connectivity index (χ3n) is 1.71. The van der Waals surface area contributed by atoms with E-state index < -0.39 is 0 Å². The molecular formula is C12H20O2. The summed E-state index contributed by atoms with van der Waals surface area (Å²) in [6.07, 6.45) is 3.80. The molecule has 0 fully saturated rings. The first-order valence-corrected chi connectivity index (χ1v) is 5.04. The summed E-state index contributed by atoms with van der Waals surface area (Å²) in [7, 11) is 1.75. The number of phenols is 1. The Morgan fingerprint density at radius 1 is 1.14 bits per heavy atom. The van der Waals surface area contributed by atoms with Crippen molar-refractivity contribution in [2.75, 3.05) is 13.7 Å². The van der Waals surface area contributed by atoms with E-state index in [1.165, 1.54) is 19.3 Å². The first-order chi connectivity index (χ1) is 6.81. The number of aromatic hydroxyl groups is 1. The van der Waals surface area contributed by atoms with Gasteiger partial charge >= 0.3 is 0 Å². The molecule has 0 atom stereocenters. The van der Waals surface area contributed by atoms with Crippen LogP contribution in [0, 0.1) is 0 Å². The molecule has 1 N–H and O–H groups in total. The second-order valence-electron chi connectivity index (χ2n) is 3.04. The average Bonchev–Trinajstić information content (AvgIpc) is 2.21. The molecule has 0 saturated carbocycles. The van der Waals surface area contributed by atoms with Crippen LogP contribution in [-0.2, 0) is 4.74 Å². The quantitative estimate of drug-likeness (QED) is 0.749. The molecule has 1 aromatic rings. The molecule has 0 unspecified atom stereocenters. The second-order valence-corrected chi connectivity index (χ2v) is 3.04. The Hall–Kier alpha value is -1.02. The molecule has 0 aliphatic heterocycles. The maximum atomic E-state index is 8.63. The Bertz CT molecular complexity index is 193. The summed E-state index contributed by atoms with van der Waals surface area (Å²) in [5.74, 6) is 0.322. The van der Waals surface area contributed by atoms with Gasteiger partial charge in [0, 0.05) is 13.7 Å². The lowest BCUT2D eigenvalue weighted by atomic mass is 10.3. The fraction of sp³-hybridized carbons (Fsp3) is 0.500. The monoisotopic (exact) mass is 196 g/mol. The first-order valence-electron chi connectivity index (χ1n) is 5.04. The van der Waals surface area contributed by atoms with E-state index in [9.17, 15) is 0 Å². The van der Waals surface area contributed by atoms with Gasteiger partial charge in [-0.1, -0.05) is 38.0 Å². The molecule has 14 heavy (non-hydrogen) atoms. The Kier molecular flexibility index (Phi) is 9.33. The fourth-order valence-electron chi connectivity index (χ4n) is 0.924. The number of phenolic OH excluding ortho intramolecular Hbond substituents is 1. The van der Waals surface area contributed by atoms with Gasteiger partial charge in [0.2, 0.25) is 0 Å². The van der Waals surface area contributed by atoms with Gasteiger partial charge in [0.15, 0.2) is 0 Å². The van der Waals surface area contributed by atoms with Crippen molar-refractivity contribution in [3.8, 4) is 5.75 Å². The topological polar surface area (TPSA) is 29.5 Å². The summed E-state index contributed by atoms with van der Waals surface area (Å²) in [4.78, 5) is 0. The molecule has 0 amide bonds. The van der Waals surface area contributed by atoms with Crippen molar-refractivity contribution in [2.24, 2.45) is 0 Å². The predicted octanol–water partition coefficient (Wildman–Crippen LogP) is 3.22. The van der Waals surface area contributed by atoms with Gasteiger partial charge in [-0.15, -0.1) is 0 Å². The highest BCUT2D eigenvalue weighted by Crippen LogP contribution is 2.02. The highest BCUT2D eigenvalue weighted by molar-refractivity contribution is 5.18. The van der Waals surface area contributed by atoms with Crippen molar-refractivity contribution >= 4 is 0 Å². The molecule has 1 aromatic carbocycles. The van der Waals surface area contributed by atoms with Crippen molar-refractivity contribution in [3.05, 3.63) is 30.3 Å². The van der Waals surface area contributed by atoms with Crippen molar-refractivity contribution in [1.82, 2.24) is 0 Å². The number of benzene rings is 1. The summed E-state index contributed by atoms with van der Waals surface area (Å²) >= 11 is 0. The lowest BCUT2D eigenvalue weighted by Gasteiger charge is -1.92. The Morgan fingerprint density at radius 3 is 2.14 bits per heavy atom. The Morgan fingerprint density at radius 2 is 1.79 bits per heavy atom. The number of methoxy groups -OCH3 is 1. The van der Waals surface area contributed by atoms with Gasteiger partial charge in [-0.3, -0.25) is 0 Å². The lowest BCUT2D eigenvalue weighted by molar-refractivity contribution is 0.192. The van der Waals surface area contributed by atoms with Gasteiger partial charge in [-0.25, -0.2) is 0 Å². The summed E-state index contributed by atoms with van der Waals surface area (Å²) in [5, 5.41) is 8.63. The zero-order chi connectivity index (χ0) is 10.6. The number of ether oxygens (including phenoxy) is 1. The molecule has 0 heterocycles. The highest BCUT2D eigenvalue weighted by atomic mass is 16.5. The van der Waals surface area contributed by atoms with Crippen molar-refractivity contribution in [3.63, 3.8) is 0 Å². The van der Waals surface area contributed by atoms with Gasteiger partial charge < -0.3 is 9.84 Å². The normalized spacial score (nSPS) is 9.00. The van der Waals surface area contributed by atoms with E-state index in [1.54, 1.807) is 31.4 Å². The van der Waals surface area contributed by atoms with E-state index in [2.05, 4.69) is 6.92 Å². The van der Waals surface area contributed by atoms with Crippen LogP contribution in [0.5, 0.6) is 5.75 Å². The largest absolute Gasteiger partial charge is 0.508 e. The molecule has 0 radical (unpaired) electrons. The van der Waals surface area contributed by atoms with Crippen molar-refractivity contribution < 1.29 is 9.84 Å². The van der Waals surface area contributed by atoms with E-state index >= 15 is 0 Å². The molecule has 0 saturated heterocycles. The van der Waals surface area contributed by atoms with E-state index in [1.807, 2.05) is 6.07 Å². The Balaban J connectivity index is 0.000000241. The maximum absolute atomic E-state index is 8.63. The lowest BCUT2D eigenvalue weighted by Crippen LogP contribution is -1.85. The van der Waals surface area contributed by atoms with Crippen LogP contribution < -0.4 is 0 Å². The number of rotatable bonds is 4. The van der Waals surface area contributed by atoms with Gasteiger partial charge in [-0.05, 0) is 18.6 Å². The van der Waals surface area contributed by atoms with Gasteiger partial charge in [-0.2, -0.15) is 0 Å². The fourth-order valence-corrected chi connectivity index (χ4v) is 0.924. The highest BCUT2D eigenvalue weighted by Gasteiger charge is 1.79. The average molecular weight is 196 g/mol. The number of unbranched alkanes of at least 4 members (excludes halogenated alkanes) is 2. The SMILES string of the molecule is CCCCCOC.Oc1ccccc1. The zero-order valence-electron chi connectivity index (χ0n) is 9.07. The Labute approximate surface area is 86.5 Å². The van der Waals surface area contributed by atoms with Gasteiger partial charge in [0.25, 0.3) is 0 Å². The van der Waals surface area contributed by atoms with Crippen LogP contribution in [0.1, 0.15) is 26.2 Å². The van der Waals surface area contributed by atoms with Crippen LogP contribution in [-0.4, -0.2) is 18.8 Å². The van der Waals surface area contributed by atoms with Crippen LogP contribution in [0.2, 0.25) is 0 Å². The van der Waals surface area contributed by atoms with E-state index in [-0.39, 0.29) is 0 Å². The van der Waals surface area contributed by atoms with Gasteiger partial charge in [0.1, 0.15) is 5.75 Å². The van der Waals surface area contributed by atoms with E-state index in [4.69, 9.17) is 9.84 Å². The summed E-state index contributed by atoms with van der Waals surface area (Å²) in [6.45, 7) is 3.11. The van der Waals surface area contributed by atoms with Crippen LogP contribution in [0.4, 0.5) is 0 Å². The molecule has 2 heteroatoms. The third-order valence-corrected chi connectivity index (χ3v) is 1.71. The molecule has 0 aliphatic carbocycles. The number of para-hydroxylation sites is 1. The molecule has 0 bridgehead atoms. The second kappa shape index (κ2) is 10.1. The number of hydrogen-bond donors (Lipinski definition) is 1. The molecule has 2 nitrogen and oxygen atoms in total.